The molecule has 1 rings (SSSR count). The van der Waals surface area contributed by atoms with Gasteiger partial charge >= 0.3 is 0 Å². The highest BCUT2D eigenvalue weighted by atomic mass is 16.5. The Morgan fingerprint density at radius 1 is 1.21 bits per heavy atom. The van der Waals surface area contributed by atoms with E-state index in [0.717, 1.165) is 0 Å². The van der Waals surface area contributed by atoms with Crippen molar-refractivity contribution in [3.63, 3.8) is 0 Å². The molecule has 0 spiro atoms. The van der Waals surface area contributed by atoms with Crippen molar-refractivity contribution in [1.29, 1.82) is 5.26 Å². The Bertz CT molecular complexity index is 469. The molecule has 0 radical (unpaired) electrons. The lowest BCUT2D eigenvalue weighted by Crippen LogP contribution is -2.12. The van der Waals surface area contributed by atoms with Crippen molar-refractivity contribution in [2.75, 3.05) is 26.6 Å². The molecule has 6 heteroatoms. The van der Waals surface area contributed by atoms with Crippen LogP contribution >= 0.6 is 0 Å². The fourth-order valence-electron chi connectivity index (χ4n) is 1.50. The second-order valence-corrected chi connectivity index (χ2v) is 3.61. The van der Waals surface area contributed by atoms with E-state index in [-0.39, 0.29) is 18.7 Å². The predicted molar refractivity (Wildman–Crippen MR) is 69.6 cm³/mol. The van der Waals surface area contributed by atoms with Crippen molar-refractivity contribution in [3.05, 3.63) is 12.1 Å². The van der Waals surface area contributed by atoms with Crippen molar-refractivity contribution in [3.8, 4) is 23.3 Å². The van der Waals surface area contributed by atoms with E-state index in [4.69, 9.17) is 19.5 Å². The molecule has 0 bridgehead atoms. The van der Waals surface area contributed by atoms with Gasteiger partial charge < -0.3 is 19.5 Å². The minimum Gasteiger partial charge on any atom is -0.496 e. The van der Waals surface area contributed by atoms with E-state index in [0.29, 0.717) is 22.9 Å². The fraction of sp³-hybridized carbons (Fsp3) is 0.385. The number of nitrogens with one attached hydrogen (secondary N) is 1. The third-order valence-corrected chi connectivity index (χ3v) is 2.44. The summed E-state index contributed by atoms with van der Waals surface area (Å²) in [5.41, 5.74) is 0.425. The van der Waals surface area contributed by atoms with Gasteiger partial charge in [-0.25, -0.2) is 0 Å². The first-order valence-corrected chi connectivity index (χ1v) is 5.63. The lowest BCUT2D eigenvalue weighted by molar-refractivity contribution is -0.116. The van der Waals surface area contributed by atoms with Crippen molar-refractivity contribution in [2.45, 2.75) is 12.8 Å². The van der Waals surface area contributed by atoms with Crippen LogP contribution in [0.4, 0.5) is 5.69 Å². The Hall–Kier alpha value is -2.42. The number of nitriles is 1. The summed E-state index contributed by atoms with van der Waals surface area (Å²) in [4.78, 5) is 11.7. The summed E-state index contributed by atoms with van der Waals surface area (Å²) in [5.74, 6) is 1.15. The molecular formula is C13H16N2O4. The summed E-state index contributed by atoms with van der Waals surface area (Å²) in [5, 5.41) is 11.1. The van der Waals surface area contributed by atoms with Gasteiger partial charge in [0.2, 0.25) is 5.91 Å². The average Bonchev–Trinajstić information content (AvgIpc) is 2.44. The van der Waals surface area contributed by atoms with E-state index >= 15 is 0 Å². The Labute approximate surface area is 111 Å². The first-order valence-electron chi connectivity index (χ1n) is 5.63. The Morgan fingerprint density at radius 2 is 1.79 bits per heavy atom. The zero-order chi connectivity index (χ0) is 14.3. The zero-order valence-corrected chi connectivity index (χ0v) is 11.1. The number of anilines is 1. The molecular weight excluding hydrogens is 248 g/mol. The first-order chi connectivity index (χ1) is 9.15. The third kappa shape index (κ3) is 3.78. The van der Waals surface area contributed by atoms with Gasteiger partial charge in [0.05, 0.1) is 27.4 Å². The molecule has 6 nitrogen and oxygen atoms in total. The molecule has 19 heavy (non-hydrogen) atoms. The highest BCUT2D eigenvalue weighted by Crippen LogP contribution is 2.38. The number of hydrogen-bond donors (Lipinski definition) is 1. The number of ether oxygens (including phenoxy) is 3. The summed E-state index contributed by atoms with van der Waals surface area (Å²) in [6.07, 6.45) is 0.279. The SMILES string of the molecule is COc1cc(OC)c(NC(=O)CCC#N)c(OC)c1. The molecule has 1 aromatic rings. The lowest BCUT2D eigenvalue weighted by Gasteiger charge is -2.15. The zero-order valence-electron chi connectivity index (χ0n) is 11.1. The first kappa shape index (κ1) is 14.6. The number of carbonyl (C=O) groups is 1. The molecule has 0 heterocycles. The topological polar surface area (TPSA) is 80.6 Å². The minimum atomic E-state index is -0.275. The number of methoxy groups -OCH3 is 3. The molecule has 0 aliphatic heterocycles. The van der Waals surface area contributed by atoms with Crippen LogP contribution in [0.2, 0.25) is 0 Å². The van der Waals surface area contributed by atoms with Crippen molar-refractivity contribution in [1.82, 2.24) is 0 Å². The van der Waals surface area contributed by atoms with Crippen molar-refractivity contribution in [2.24, 2.45) is 0 Å². The van der Waals surface area contributed by atoms with Gasteiger partial charge in [-0.1, -0.05) is 0 Å². The maximum absolute atomic E-state index is 11.7. The second-order valence-electron chi connectivity index (χ2n) is 3.61. The highest BCUT2D eigenvalue weighted by Gasteiger charge is 2.15. The van der Waals surface area contributed by atoms with Crippen LogP contribution in [0.3, 0.4) is 0 Å². The van der Waals surface area contributed by atoms with Gasteiger partial charge in [-0.05, 0) is 0 Å². The minimum absolute atomic E-state index is 0.120. The van der Waals surface area contributed by atoms with Crippen molar-refractivity contribution < 1.29 is 19.0 Å². The van der Waals surface area contributed by atoms with Crippen LogP contribution < -0.4 is 19.5 Å². The Morgan fingerprint density at radius 3 is 2.21 bits per heavy atom. The average molecular weight is 264 g/mol. The van der Waals surface area contributed by atoms with Gasteiger partial charge in [0, 0.05) is 25.0 Å². The smallest absolute Gasteiger partial charge is 0.225 e. The van der Waals surface area contributed by atoms with Crippen LogP contribution in [0.15, 0.2) is 12.1 Å². The molecule has 102 valence electrons. The van der Waals surface area contributed by atoms with Crippen LogP contribution in [-0.2, 0) is 4.79 Å². The van der Waals surface area contributed by atoms with E-state index in [9.17, 15) is 4.79 Å². The molecule has 0 saturated heterocycles. The molecule has 0 atom stereocenters. The molecule has 0 fully saturated rings. The summed E-state index contributed by atoms with van der Waals surface area (Å²) in [7, 11) is 4.50. The fourth-order valence-corrected chi connectivity index (χ4v) is 1.50. The number of rotatable bonds is 6. The Balaban J connectivity index is 3.04. The molecule has 0 aliphatic carbocycles. The van der Waals surface area contributed by atoms with Gasteiger partial charge in [0.1, 0.15) is 22.9 Å². The summed E-state index contributed by atoms with van der Waals surface area (Å²) >= 11 is 0. The van der Waals surface area contributed by atoms with Gasteiger partial charge in [-0.3, -0.25) is 4.79 Å². The molecule has 1 N–H and O–H groups in total. The number of carbonyl (C=O) groups excluding carboxylic acids is 1. The maximum atomic E-state index is 11.7. The third-order valence-electron chi connectivity index (χ3n) is 2.44. The molecule has 0 unspecified atom stereocenters. The van der Waals surface area contributed by atoms with Crippen LogP contribution in [0.1, 0.15) is 12.8 Å². The van der Waals surface area contributed by atoms with E-state index in [1.165, 1.54) is 21.3 Å². The molecule has 0 aliphatic rings. The summed E-state index contributed by atoms with van der Waals surface area (Å²) < 4.78 is 15.5. The van der Waals surface area contributed by atoms with Gasteiger partial charge in [0.15, 0.2) is 0 Å². The van der Waals surface area contributed by atoms with Gasteiger partial charge in [-0.2, -0.15) is 5.26 Å². The van der Waals surface area contributed by atoms with Gasteiger partial charge in [-0.15, -0.1) is 0 Å². The Kier molecular flexibility index (Phi) is 5.48. The van der Waals surface area contributed by atoms with Crippen LogP contribution in [0, 0.1) is 11.3 Å². The van der Waals surface area contributed by atoms with Gasteiger partial charge in [0.25, 0.3) is 0 Å². The number of hydrogen-bond acceptors (Lipinski definition) is 5. The molecule has 0 saturated carbocycles. The van der Waals surface area contributed by atoms with E-state index in [1.807, 2.05) is 6.07 Å². The van der Waals surface area contributed by atoms with E-state index in [1.54, 1.807) is 12.1 Å². The summed E-state index contributed by atoms with van der Waals surface area (Å²) in [6.45, 7) is 0. The normalized spacial score (nSPS) is 9.37. The van der Waals surface area contributed by atoms with E-state index in [2.05, 4.69) is 5.32 Å². The number of nitrogens with zero attached hydrogens (tertiary/aromatic N) is 1. The number of amides is 1. The maximum Gasteiger partial charge on any atom is 0.225 e. The quantitative estimate of drug-likeness (QED) is 0.849. The highest BCUT2D eigenvalue weighted by molar-refractivity contribution is 5.94. The van der Waals surface area contributed by atoms with E-state index < -0.39 is 0 Å². The standard InChI is InChI=1S/C13H16N2O4/c1-17-9-7-10(18-2)13(11(8-9)19-3)15-12(16)5-4-6-14/h7-8H,4-5H2,1-3H3,(H,15,16). The summed E-state index contributed by atoms with van der Waals surface area (Å²) in [6, 6.07) is 5.20. The second kappa shape index (κ2) is 7.11. The van der Waals surface area contributed by atoms with Crippen molar-refractivity contribution >= 4 is 11.6 Å². The number of benzene rings is 1. The largest absolute Gasteiger partial charge is 0.496 e. The van der Waals surface area contributed by atoms with Crippen LogP contribution in [-0.4, -0.2) is 27.2 Å². The van der Waals surface area contributed by atoms with Crippen LogP contribution in [0.5, 0.6) is 17.2 Å². The van der Waals surface area contributed by atoms with Crippen LogP contribution in [0.25, 0.3) is 0 Å². The monoisotopic (exact) mass is 264 g/mol. The predicted octanol–water partition coefficient (Wildman–Crippen LogP) is 1.95. The molecule has 1 aromatic carbocycles. The lowest BCUT2D eigenvalue weighted by atomic mass is 10.2. The molecule has 0 aromatic heterocycles. The molecule has 1 amide bonds.